The molecule has 0 fully saturated rings. The summed E-state index contributed by atoms with van der Waals surface area (Å²) in [5.74, 6) is -0.714. The molecule has 1 heterocycles. The maximum Gasteiger partial charge on any atom is 0.159 e. The maximum atomic E-state index is 12.3. The highest BCUT2D eigenvalue weighted by Crippen LogP contribution is 2.10. The van der Waals surface area contributed by atoms with Gasteiger partial charge in [-0.25, -0.2) is 14.4 Å². The molecule has 0 aliphatic heterocycles. The third-order valence-corrected chi connectivity index (χ3v) is 1.57. The van der Waals surface area contributed by atoms with Gasteiger partial charge in [0.1, 0.15) is 11.7 Å². The Hall–Kier alpha value is -1.21. The molecule has 1 rings (SSSR count). The van der Waals surface area contributed by atoms with Crippen LogP contribution in [-0.2, 0) is 0 Å². The summed E-state index contributed by atoms with van der Waals surface area (Å²) in [7, 11) is 0. The van der Waals surface area contributed by atoms with Gasteiger partial charge in [-0.15, -0.1) is 11.6 Å². The number of nitriles is 1. The van der Waals surface area contributed by atoms with Gasteiger partial charge in [-0.2, -0.15) is 5.26 Å². The lowest BCUT2D eigenvalue weighted by molar-refractivity contribution is 0.607. The number of hydrogen-bond acceptors (Lipinski definition) is 3. The van der Waals surface area contributed by atoms with Crippen molar-refractivity contribution in [3.63, 3.8) is 0 Å². The Morgan fingerprint density at radius 2 is 2.17 bits per heavy atom. The predicted molar refractivity (Wildman–Crippen MR) is 41.1 cm³/mol. The van der Waals surface area contributed by atoms with Gasteiger partial charge < -0.3 is 0 Å². The lowest BCUT2D eigenvalue weighted by Crippen LogP contribution is -2.03. The third kappa shape index (κ3) is 1.89. The molecule has 5 heteroatoms. The van der Waals surface area contributed by atoms with Crippen LogP contribution >= 0.6 is 11.6 Å². The van der Waals surface area contributed by atoms with E-state index in [2.05, 4.69) is 9.97 Å². The van der Waals surface area contributed by atoms with Crippen molar-refractivity contribution in [2.75, 3.05) is 5.88 Å². The molecule has 0 saturated heterocycles. The zero-order valence-electron chi connectivity index (χ0n) is 6.04. The summed E-state index contributed by atoms with van der Waals surface area (Å²) >= 11 is 5.45. The molecule has 0 aliphatic rings. The van der Waals surface area contributed by atoms with E-state index in [1.807, 2.05) is 6.07 Å². The van der Waals surface area contributed by atoms with Crippen LogP contribution in [-0.4, -0.2) is 15.8 Å². The molecule has 0 aliphatic carbocycles. The summed E-state index contributed by atoms with van der Waals surface area (Å²) in [6, 6.07) is 1.91. The minimum Gasteiger partial charge on any atom is -0.237 e. The quantitative estimate of drug-likeness (QED) is 0.656. The topological polar surface area (TPSA) is 49.6 Å². The van der Waals surface area contributed by atoms with Gasteiger partial charge in [-0.3, -0.25) is 0 Å². The number of halogens is 2. The van der Waals surface area contributed by atoms with E-state index in [1.165, 1.54) is 0 Å². The van der Waals surface area contributed by atoms with E-state index in [4.69, 9.17) is 16.9 Å². The van der Waals surface area contributed by atoms with Crippen molar-refractivity contribution in [1.29, 1.82) is 5.26 Å². The number of rotatable bonds is 2. The minimum absolute atomic E-state index is 0.113. The smallest absolute Gasteiger partial charge is 0.159 e. The Balaban J connectivity index is 2.89. The van der Waals surface area contributed by atoms with Crippen LogP contribution in [0.25, 0.3) is 0 Å². The van der Waals surface area contributed by atoms with Crippen molar-refractivity contribution in [2.45, 2.75) is 5.92 Å². The molecule has 1 atom stereocenters. The highest BCUT2D eigenvalue weighted by molar-refractivity contribution is 6.18. The van der Waals surface area contributed by atoms with E-state index in [0.29, 0.717) is 0 Å². The van der Waals surface area contributed by atoms with Gasteiger partial charge in [0.15, 0.2) is 5.82 Å². The second-order valence-corrected chi connectivity index (χ2v) is 2.40. The van der Waals surface area contributed by atoms with Crippen LogP contribution in [0.5, 0.6) is 0 Å². The minimum atomic E-state index is -0.563. The zero-order chi connectivity index (χ0) is 8.97. The molecular formula is C7H5ClFN3. The van der Waals surface area contributed by atoms with Crippen molar-refractivity contribution in [2.24, 2.45) is 0 Å². The van der Waals surface area contributed by atoms with Crippen molar-refractivity contribution in [3.05, 3.63) is 24.0 Å². The van der Waals surface area contributed by atoms with E-state index >= 15 is 0 Å². The van der Waals surface area contributed by atoms with Crippen molar-refractivity contribution in [1.82, 2.24) is 9.97 Å². The summed E-state index contributed by atoms with van der Waals surface area (Å²) in [6.07, 6.45) is 2.03. The van der Waals surface area contributed by atoms with Crippen LogP contribution in [0, 0.1) is 17.1 Å². The summed E-state index contributed by atoms with van der Waals surface area (Å²) in [5, 5.41) is 8.54. The van der Waals surface area contributed by atoms with Gasteiger partial charge in [0.05, 0.1) is 18.5 Å². The fourth-order valence-corrected chi connectivity index (χ4v) is 0.870. The standard InChI is InChI=1S/C7H5ClFN3/c8-1-5(2-10)7-11-3-6(9)4-12-7/h3-5H,1H2. The van der Waals surface area contributed by atoms with Gasteiger partial charge in [0.2, 0.25) is 0 Å². The number of nitrogens with zero attached hydrogens (tertiary/aromatic N) is 3. The second-order valence-electron chi connectivity index (χ2n) is 2.10. The Kier molecular flexibility index (Phi) is 2.94. The SMILES string of the molecule is N#CC(CCl)c1ncc(F)cn1. The zero-order valence-corrected chi connectivity index (χ0v) is 6.79. The summed E-state index contributed by atoms with van der Waals surface area (Å²) in [5.41, 5.74) is 0. The van der Waals surface area contributed by atoms with E-state index in [0.717, 1.165) is 12.4 Å². The van der Waals surface area contributed by atoms with E-state index < -0.39 is 11.7 Å². The second kappa shape index (κ2) is 3.98. The van der Waals surface area contributed by atoms with Crippen LogP contribution in [0.3, 0.4) is 0 Å². The first-order chi connectivity index (χ1) is 5.77. The highest BCUT2D eigenvalue weighted by Gasteiger charge is 2.11. The number of alkyl halides is 1. The number of aromatic nitrogens is 2. The predicted octanol–water partition coefficient (Wildman–Crippen LogP) is 1.46. The van der Waals surface area contributed by atoms with Crippen LogP contribution in [0.1, 0.15) is 11.7 Å². The first-order valence-corrected chi connectivity index (χ1v) is 3.74. The molecule has 12 heavy (non-hydrogen) atoms. The van der Waals surface area contributed by atoms with Gasteiger partial charge in [0, 0.05) is 5.88 Å². The Labute approximate surface area is 73.8 Å². The molecular weight excluding hydrogens is 181 g/mol. The molecule has 0 amide bonds. The largest absolute Gasteiger partial charge is 0.237 e. The first kappa shape index (κ1) is 8.88. The van der Waals surface area contributed by atoms with Crippen molar-refractivity contribution >= 4 is 11.6 Å². The van der Waals surface area contributed by atoms with E-state index in [9.17, 15) is 4.39 Å². The number of hydrogen-bond donors (Lipinski definition) is 0. The molecule has 0 N–H and O–H groups in total. The highest BCUT2D eigenvalue weighted by atomic mass is 35.5. The lowest BCUT2D eigenvalue weighted by Gasteiger charge is -2.00. The molecule has 3 nitrogen and oxygen atoms in total. The molecule has 1 aromatic rings. The van der Waals surface area contributed by atoms with Gasteiger partial charge in [-0.1, -0.05) is 0 Å². The average Bonchev–Trinajstić information content (AvgIpc) is 2.10. The fraction of sp³-hybridized carbons (Fsp3) is 0.286. The molecule has 0 bridgehead atoms. The monoisotopic (exact) mass is 185 g/mol. The molecule has 0 radical (unpaired) electrons. The summed E-state index contributed by atoms with van der Waals surface area (Å²) < 4.78 is 12.3. The average molecular weight is 186 g/mol. The molecule has 1 unspecified atom stereocenters. The van der Waals surface area contributed by atoms with Crippen molar-refractivity contribution < 1.29 is 4.39 Å². The summed E-state index contributed by atoms with van der Waals surface area (Å²) in [4.78, 5) is 7.25. The molecule has 0 saturated carbocycles. The Morgan fingerprint density at radius 1 is 1.58 bits per heavy atom. The van der Waals surface area contributed by atoms with Crippen LogP contribution in [0.2, 0.25) is 0 Å². The molecule has 0 aromatic carbocycles. The van der Waals surface area contributed by atoms with Crippen molar-refractivity contribution in [3.8, 4) is 6.07 Å². The molecule has 62 valence electrons. The van der Waals surface area contributed by atoms with E-state index in [-0.39, 0.29) is 11.7 Å². The van der Waals surface area contributed by atoms with E-state index in [1.54, 1.807) is 0 Å². The summed E-state index contributed by atoms with van der Waals surface area (Å²) in [6.45, 7) is 0. The maximum absolute atomic E-state index is 12.3. The van der Waals surface area contributed by atoms with Gasteiger partial charge >= 0.3 is 0 Å². The Bertz CT molecular complexity index is 293. The van der Waals surface area contributed by atoms with Crippen LogP contribution in [0.4, 0.5) is 4.39 Å². The third-order valence-electron chi connectivity index (χ3n) is 1.26. The lowest BCUT2D eigenvalue weighted by atomic mass is 10.2. The normalized spacial score (nSPS) is 12.1. The molecule has 0 spiro atoms. The molecule has 1 aromatic heterocycles. The van der Waals surface area contributed by atoms with Gasteiger partial charge in [0.25, 0.3) is 0 Å². The Morgan fingerprint density at radius 3 is 2.58 bits per heavy atom. The first-order valence-electron chi connectivity index (χ1n) is 3.21. The van der Waals surface area contributed by atoms with Gasteiger partial charge in [-0.05, 0) is 0 Å². The van der Waals surface area contributed by atoms with Crippen LogP contribution < -0.4 is 0 Å². The van der Waals surface area contributed by atoms with Crippen LogP contribution in [0.15, 0.2) is 12.4 Å². The fourth-order valence-electron chi connectivity index (χ4n) is 0.663.